The number of para-hydroxylation sites is 1. The molecule has 0 saturated carbocycles. The summed E-state index contributed by atoms with van der Waals surface area (Å²) >= 11 is 0. The van der Waals surface area contributed by atoms with E-state index in [0.717, 1.165) is 18.4 Å². The van der Waals surface area contributed by atoms with Gasteiger partial charge in [0.05, 0.1) is 16.6 Å². The molecule has 0 aliphatic heterocycles. The van der Waals surface area contributed by atoms with E-state index in [-0.39, 0.29) is 5.41 Å². The summed E-state index contributed by atoms with van der Waals surface area (Å²) < 4.78 is 0. The number of nitrogens with zero attached hydrogens (tertiary/aromatic N) is 1. The van der Waals surface area contributed by atoms with Crippen molar-refractivity contribution >= 4 is 10.9 Å². The van der Waals surface area contributed by atoms with E-state index in [1.807, 2.05) is 0 Å². The second kappa shape index (κ2) is 4.58. The summed E-state index contributed by atoms with van der Waals surface area (Å²) in [5.41, 5.74) is 9.31. The zero-order valence-corrected chi connectivity index (χ0v) is 13.9. The van der Waals surface area contributed by atoms with Gasteiger partial charge >= 0.3 is 0 Å². The summed E-state index contributed by atoms with van der Waals surface area (Å²) in [6.45, 7) is 0. The number of aryl methyl sites for hydroxylation is 1. The normalized spacial score (nSPS) is 16.0. The highest BCUT2D eigenvalue weighted by Gasteiger charge is 2.49. The fourth-order valence-electron chi connectivity index (χ4n) is 5.01. The Balaban J connectivity index is 1.75. The van der Waals surface area contributed by atoms with Gasteiger partial charge in [-0.15, -0.1) is 0 Å². The molecule has 2 aliphatic carbocycles. The number of aromatic nitrogens is 1. The van der Waals surface area contributed by atoms with Crippen LogP contribution >= 0.6 is 0 Å². The van der Waals surface area contributed by atoms with E-state index in [0.29, 0.717) is 0 Å². The van der Waals surface area contributed by atoms with Crippen LogP contribution in [0, 0.1) is 0 Å². The fourth-order valence-corrected chi connectivity index (χ4v) is 5.01. The lowest BCUT2D eigenvalue weighted by molar-refractivity contribution is 0.612. The molecule has 3 aromatic carbocycles. The quantitative estimate of drug-likeness (QED) is 0.417. The van der Waals surface area contributed by atoms with Crippen molar-refractivity contribution in [3.63, 3.8) is 0 Å². The lowest BCUT2D eigenvalue weighted by Gasteiger charge is -2.27. The van der Waals surface area contributed by atoms with Gasteiger partial charge in [0, 0.05) is 5.39 Å². The summed E-state index contributed by atoms with van der Waals surface area (Å²) in [4.78, 5) is 5.19. The summed E-state index contributed by atoms with van der Waals surface area (Å²) in [6, 6.07) is 28.6. The Morgan fingerprint density at radius 3 is 2.12 bits per heavy atom. The van der Waals surface area contributed by atoms with Crippen LogP contribution in [0.5, 0.6) is 0 Å². The molecule has 0 saturated heterocycles. The second-order valence-electron chi connectivity index (χ2n) is 7.19. The van der Waals surface area contributed by atoms with E-state index in [2.05, 4.69) is 78.9 Å². The smallest absolute Gasteiger partial charge is 0.0706 e. The predicted octanol–water partition coefficient (Wildman–Crippen LogP) is 5.50. The minimum absolute atomic E-state index is 0.0768. The molecule has 4 aromatic rings. The van der Waals surface area contributed by atoms with E-state index in [9.17, 15) is 0 Å². The first kappa shape index (κ1) is 13.4. The molecule has 1 spiro atoms. The second-order valence-corrected chi connectivity index (χ2v) is 7.19. The minimum atomic E-state index is -0.0768. The van der Waals surface area contributed by atoms with Gasteiger partial charge in [-0.05, 0) is 52.8 Å². The predicted molar refractivity (Wildman–Crippen MR) is 102 cm³/mol. The molecular formula is C24H17N. The average molecular weight is 319 g/mol. The highest BCUT2D eigenvalue weighted by molar-refractivity contribution is 5.86. The lowest BCUT2D eigenvalue weighted by Crippen LogP contribution is -2.24. The van der Waals surface area contributed by atoms with Crippen LogP contribution in [-0.2, 0) is 11.8 Å². The maximum Gasteiger partial charge on any atom is 0.0706 e. The van der Waals surface area contributed by atoms with Crippen molar-refractivity contribution in [3.05, 3.63) is 101 Å². The summed E-state index contributed by atoms with van der Waals surface area (Å²) in [5.74, 6) is 0. The fraction of sp³-hybridized carbons (Fsp3) is 0.125. The van der Waals surface area contributed by atoms with Gasteiger partial charge in [0.15, 0.2) is 0 Å². The van der Waals surface area contributed by atoms with Crippen LogP contribution < -0.4 is 0 Å². The van der Waals surface area contributed by atoms with Crippen molar-refractivity contribution in [1.29, 1.82) is 0 Å². The molecule has 1 nitrogen and oxygen atoms in total. The zero-order valence-electron chi connectivity index (χ0n) is 13.9. The molecule has 0 atom stereocenters. The van der Waals surface area contributed by atoms with Crippen LogP contribution in [0.2, 0.25) is 0 Å². The third kappa shape index (κ3) is 1.56. The van der Waals surface area contributed by atoms with Crippen molar-refractivity contribution in [2.24, 2.45) is 0 Å². The van der Waals surface area contributed by atoms with Crippen molar-refractivity contribution in [2.75, 3.05) is 0 Å². The van der Waals surface area contributed by atoms with Crippen LogP contribution in [0.3, 0.4) is 0 Å². The molecule has 0 fully saturated rings. The summed E-state index contributed by atoms with van der Waals surface area (Å²) in [7, 11) is 0. The summed E-state index contributed by atoms with van der Waals surface area (Å²) in [5, 5.41) is 1.25. The molecule has 0 radical (unpaired) electrons. The lowest BCUT2D eigenvalue weighted by atomic mass is 9.76. The van der Waals surface area contributed by atoms with Gasteiger partial charge in [0.25, 0.3) is 0 Å². The van der Waals surface area contributed by atoms with Gasteiger partial charge in [-0.1, -0.05) is 66.7 Å². The van der Waals surface area contributed by atoms with Crippen molar-refractivity contribution < 1.29 is 0 Å². The van der Waals surface area contributed by atoms with Gasteiger partial charge < -0.3 is 0 Å². The van der Waals surface area contributed by atoms with Gasteiger partial charge in [-0.2, -0.15) is 0 Å². The van der Waals surface area contributed by atoms with Gasteiger partial charge in [-0.3, -0.25) is 4.98 Å². The number of hydrogen-bond donors (Lipinski definition) is 0. The third-order valence-corrected chi connectivity index (χ3v) is 6.04. The Bertz CT molecular complexity index is 1110. The average Bonchev–Trinajstić information content (AvgIpc) is 3.19. The Kier molecular flexibility index (Phi) is 2.45. The number of pyridine rings is 1. The van der Waals surface area contributed by atoms with Crippen LogP contribution in [0.25, 0.3) is 22.0 Å². The standard InChI is InChI=1S/C24H17N/c1-6-12-22-16(7-1)15-17-13-14-24(23(17)25-22)20-10-4-2-8-18(20)19-9-3-5-11-21(19)24/h1-12,15H,13-14H2. The van der Waals surface area contributed by atoms with Crippen molar-refractivity contribution in [1.82, 2.24) is 4.98 Å². The molecule has 6 rings (SSSR count). The number of benzene rings is 3. The maximum absolute atomic E-state index is 5.19. The Morgan fingerprint density at radius 2 is 1.36 bits per heavy atom. The molecule has 0 amide bonds. The first-order valence-electron chi connectivity index (χ1n) is 8.96. The molecule has 0 bridgehead atoms. The van der Waals surface area contributed by atoms with Crippen LogP contribution in [-0.4, -0.2) is 4.98 Å². The van der Waals surface area contributed by atoms with E-state index in [1.54, 1.807) is 0 Å². The molecule has 118 valence electrons. The Morgan fingerprint density at radius 1 is 0.720 bits per heavy atom. The van der Waals surface area contributed by atoms with E-state index >= 15 is 0 Å². The van der Waals surface area contributed by atoms with Crippen molar-refractivity contribution in [2.45, 2.75) is 18.3 Å². The Hall–Kier alpha value is -2.93. The highest BCUT2D eigenvalue weighted by Crippen LogP contribution is 2.57. The third-order valence-electron chi connectivity index (χ3n) is 6.04. The van der Waals surface area contributed by atoms with Gasteiger partial charge in [-0.25, -0.2) is 0 Å². The van der Waals surface area contributed by atoms with E-state index in [4.69, 9.17) is 4.98 Å². The topological polar surface area (TPSA) is 12.9 Å². The maximum atomic E-state index is 5.19. The molecule has 25 heavy (non-hydrogen) atoms. The molecular weight excluding hydrogens is 302 g/mol. The first-order valence-corrected chi connectivity index (χ1v) is 8.96. The monoisotopic (exact) mass is 319 g/mol. The Labute approximate surface area is 147 Å². The molecule has 0 unspecified atom stereocenters. The zero-order chi connectivity index (χ0) is 16.4. The first-order chi connectivity index (χ1) is 12.4. The molecule has 2 aliphatic rings. The van der Waals surface area contributed by atoms with Crippen LogP contribution in [0.4, 0.5) is 0 Å². The molecule has 0 N–H and O–H groups in total. The highest BCUT2D eigenvalue weighted by atomic mass is 14.8. The molecule has 1 heteroatoms. The van der Waals surface area contributed by atoms with Crippen molar-refractivity contribution in [3.8, 4) is 11.1 Å². The number of hydrogen-bond acceptors (Lipinski definition) is 1. The SMILES string of the molecule is c1ccc2c(c1)-c1ccccc1C21CCc2cc3ccccc3nc21. The summed E-state index contributed by atoms with van der Waals surface area (Å²) in [6.07, 6.45) is 2.20. The van der Waals surface area contributed by atoms with Gasteiger partial charge in [0.1, 0.15) is 0 Å². The van der Waals surface area contributed by atoms with E-state index in [1.165, 1.54) is 38.9 Å². The number of rotatable bonds is 0. The minimum Gasteiger partial charge on any atom is -0.251 e. The largest absolute Gasteiger partial charge is 0.251 e. The van der Waals surface area contributed by atoms with Gasteiger partial charge in [0.2, 0.25) is 0 Å². The number of fused-ring (bicyclic) bond motifs is 8. The van der Waals surface area contributed by atoms with Crippen LogP contribution in [0.1, 0.15) is 28.8 Å². The van der Waals surface area contributed by atoms with E-state index < -0.39 is 0 Å². The molecule has 1 aromatic heterocycles. The van der Waals surface area contributed by atoms with Crippen LogP contribution in [0.15, 0.2) is 78.9 Å². The molecule has 1 heterocycles.